The lowest BCUT2D eigenvalue weighted by Gasteiger charge is -2.41. The summed E-state index contributed by atoms with van der Waals surface area (Å²) in [6.07, 6.45) is 5.61. The van der Waals surface area contributed by atoms with Crippen molar-refractivity contribution in [1.29, 1.82) is 0 Å². The van der Waals surface area contributed by atoms with E-state index in [-0.39, 0.29) is 5.60 Å². The highest BCUT2D eigenvalue weighted by Gasteiger charge is 2.42. The van der Waals surface area contributed by atoms with Gasteiger partial charge in [0.1, 0.15) is 0 Å². The fraction of sp³-hybridized carbons (Fsp3) is 0.706. The van der Waals surface area contributed by atoms with E-state index < -0.39 is 0 Å². The summed E-state index contributed by atoms with van der Waals surface area (Å²) in [5.41, 5.74) is 2.57. The molecule has 4 heteroatoms. The highest BCUT2D eigenvalue weighted by atomic mass is 32.2. The van der Waals surface area contributed by atoms with E-state index in [2.05, 4.69) is 29.4 Å². The highest BCUT2D eigenvalue weighted by molar-refractivity contribution is 7.99. The maximum Gasteiger partial charge on any atom is 0.0783 e. The largest absolute Gasteiger partial charge is 0.374 e. The average Bonchev–Trinajstić information content (AvgIpc) is 2.94. The number of nitrogens with one attached hydrogen (secondary N) is 1. The van der Waals surface area contributed by atoms with E-state index in [4.69, 9.17) is 4.74 Å². The minimum atomic E-state index is 0.152. The second-order valence-electron chi connectivity index (χ2n) is 6.36. The quantitative estimate of drug-likeness (QED) is 0.925. The molecule has 0 amide bonds. The smallest absolute Gasteiger partial charge is 0.0783 e. The van der Waals surface area contributed by atoms with Gasteiger partial charge in [-0.05, 0) is 56.0 Å². The monoisotopic (exact) mass is 306 g/mol. The molecule has 2 aliphatic heterocycles. The Labute approximate surface area is 132 Å². The standard InChI is InChI=1S/C17H26N2OS/c1-3-18-16(15-5-4-13(2)19-11-15)14-6-8-20-17(10-14)7-9-21-12-17/h4-5,11,14,16,18H,3,6-10,12H2,1-2H3. The summed E-state index contributed by atoms with van der Waals surface area (Å²) in [7, 11) is 0. The Morgan fingerprint density at radius 1 is 1.52 bits per heavy atom. The van der Waals surface area contributed by atoms with Crippen LogP contribution in [0.1, 0.15) is 43.5 Å². The number of rotatable bonds is 4. The van der Waals surface area contributed by atoms with Crippen LogP contribution >= 0.6 is 11.8 Å². The van der Waals surface area contributed by atoms with Gasteiger partial charge in [-0.15, -0.1) is 0 Å². The van der Waals surface area contributed by atoms with Gasteiger partial charge in [0.25, 0.3) is 0 Å². The Kier molecular flexibility index (Phi) is 4.87. The second kappa shape index (κ2) is 6.67. The van der Waals surface area contributed by atoms with Crippen LogP contribution in [0.3, 0.4) is 0 Å². The number of aromatic nitrogens is 1. The Hall–Kier alpha value is -0.580. The van der Waals surface area contributed by atoms with E-state index in [1.165, 1.54) is 29.9 Å². The summed E-state index contributed by atoms with van der Waals surface area (Å²) in [4.78, 5) is 4.49. The molecule has 3 rings (SSSR count). The lowest BCUT2D eigenvalue weighted by molar-refractivity contribution is -0.0853. The summed E-state index contributed by atoms with van der Waals surface area (Å²) in [5.74, 6) is 3.08. The van der Waals surface area contributed by atoms with Gasteiger partial charge in [0.2, 0.25) is 0 Å². The topological polar surface area (TPSA) is 34.2 Å². The normalized spacial score (nSPS) is 30.7. The van der Waals surface area contributed by atoms with Crippen molar-refractivity contribution in [3.8, 4) is 0 Å². The van der Waals surface area contributed by atoms with Crippen molar-refractivity contribution in [3.63, 3.8) is 0 Å². The molecule has 1 spiro atoms. The second-order valence-corrected chi connectivity index (χ2v) is 7.46. The summed E-state index contributed by atoms with van der Waals surface area (Å²) < 4.78 is 6.18. The molecule has 0 radical (unpaired) electrons. The van der Waals surface area contributed by atoms with E-state index in [0.29, 0.717) is 12.0 Å². The molecular formula is C17H26N2OS. The molecule has 0 saturated carbocycles. The average molecular weight is 306 g/mol. The summed E-state index contributed by atoms with van der Waals surface area (Å²) >= 11 is 2.05. The molecule has 116 valence electrons. The molecular weight excluding hydrogens is 280 g/mol. The third-order valence-electron chi connectivity index (χ3n) is 4.79. The number of hydrogen-bond donors (Lipinski definition) is 1. The van der Waals surface area contributed by atoms with E-state index in [9.17, 15) is 0 Å². The van der Waals surface area contributed by atoms with Crippen LogP contribution in [0.4, 0.5) is 0 Å². The first-order chi connectivity index (χ1) is 10.2. The number of nitrogens with zero attached hydrogens (tertiary/aromatic N) is 1. The number of pyridine rings is 1. The molecule has 1 N–H and O–H groups in total. The Morgan fingerprint density at radius 2 is 2.43 bits per heavy atom. The predicted molar refractivity (Wildman–Crippen MR) is 88.7 cm³/mol. The van der Waals surface area contributed by atoms with Gasteiger partial charge in [-0.2, -0.15) is 11.8 Å². The first-order valence-corrected chi connectivity index (χ1v) is 9.25. The number of aryl methyl sites for hydroxylation is 1. The van der Waals surface area contributed by atoms with Crippen LogP contribution in [-0.4, -0.2) is 35.2 Å². The van der Waals surface area contributed by atoms with Gasteiger partial charge in [-0.1, -0.05) is 13.0 Å². The molecule has 0 bridgehead atoms. The molecule has 21 heavy (non-hydrogen) atoms. The number of hydrogen-bond acceptors (Lipinski definition) is 4. The lowest BCUT2D eigenvalue weighted by Crippen LogP contribution is -2.43. The van der Waals surface area contributed by atoms with Crippen molar-refractivity contribution in [1.82, 2.24) is 10.3 Å². The zero-order chi connectivity index (χ0) is 14.7. The Morgan fingerprint density at radius 3 is 3.10 bits per heavy atom. The van der Waals surface area contributed by atoms with Gasteiger partial charge in [-0.25, -0.2) is 0 Å². The minimum absolute atomic E-state index is 0.152. The molecule has 3 atom stereocenters. The van der Waals surface area contributed by atoms with Crippen molar-refractivity contribution in [3.05, 3.63) is 29.6 Å². The zero-order valence-electron chi connectivity index (χ0n) is 13.1. The van der Waals surface area contributed by atoms with Crippen LogP contribution in [-0.2, 0) is 4.74 Å². The van der Waals surface area contributed by atoms with Gasteiger partial charge < -0.3 is 10.1 Å². The third-order valence-corrected chi connectivity index (χ3v) is 6.01. The van der Waals surface area contributed by atoms with E-state index in [1.807, 2.05) is 24.9 Å². The van der Waals surface area contributed by atoms with Gasteiger partial charge in [0, 0.05) is 30.3 Å². The minimum Gasteiger partial charge on any atom is -0.374 e. The molecule has 2 fully saturated rings. The van der Waals surface area contributed by atoms with Crippen LogP contribution in [0.15, 0.2) is 18.3 Å². The zero-order valence-corrected chi connectivity index (χ0v) is 13.9. The third kappa shape index (κ3) is 3.43. The number of ether oxygens (including phenoxy) is 1. The van der Waals surface area contributed by atoms with Gasteiger partial charge in [-0.3, -0.25) is 4.98 Å². The fourth-order valence-electron chi connectivity index (χ4n) is 3.65. The van der Waals surface area contributed by atoms with Crippen molar-refractivity contribution >= 4 is 11.8 Å². The van der Waals surface area contributed by atoms with E-state index >= 15 is 0 Å². The van der Waals surface area contributed by atoms with Crippen LogP contribution in [0, 0.1) is 12.8 Å². The van der Waals surface area contributed by atoms with E-state index in [0.717, 1.165) is 25.3 Å². The summed E-state index contributed by atoms with van der Waals surface area (Å²) in [6, 6.07) is 4.77. The number of thioether (sulfide) groups is 1. The molecule has 3 heterocycles. The molecule has 1 aromatic heterocycles. The lowest BCUT2D eigenvalue weighted by atomic mass is 9.79. The van der Waals surface area contributed by atoms with Crippen LogP contribution in [0.5, 0.6) is 0 Å². The maximum absolute atomic E-state index is 6.18. The summed E-state index contributed by atoms with van der Waals surface area (Å²) in [5, 5.41) is 3.69. The van der Waals surface area contributed by atoms with Crippen molar-refractivity contribution in [2.24, 2.45) is 5.92 Å². The Balaban J connectivity index is 1.78. The fourth-order valence-corrected chi connectivity index (χ4v) is 5.03. The van der Waals surface area contributed by atoms with Crippen molar-refractivity contribution < 1.29 is 4.74 Å². The molecule has 3 nitrogen and oxygen atoms in total. The first-order valence-electron chi connectivity index (χ1n) is 8.10. The van der Waals surface area contributed by atoms with E-state index in [1.54, 1.807) is 0 Å². The molecule has 2 aliphatic rings. The van der Waals surface area contributed by atoms with Crippen LogP contribution in [0.25, 0.3) is 0 Å². The predicted octanol–water partition coefficient (Wildman–Crippen LogP) is 3.34. The molecule has 0 aliphatic carbocycles. The molecule has 0 aromatic carbocycles. The maximum atomic E-state index is 6.18. The van der Waals surface area contributed by atoms with Gasteiger partial charge in [0.05, 0.1) is 5.60 Å². The van der Waals surface area contributed by atoms with Crippen LogP contribution < -0.4 is 5.32 Å². The van der Waals surface area contributed by atoms with Gasteiger partial charge in [0.15, 0.2) is 0 Å². The SMILES string of the molecule is CCNC(c1ccc(C)nc1)C1CCOC2(CCSC2)C1. The van der Waals surface area contributed by atoms with Crippen LogP contribution in [0.2, 0.25) is 0 Å². The molecule has 3 unspecified atom stereocenters. The van der Waals surface area contributed by atoms with Crippen molar-refractivity contribution in [2.75, 3.05) is 24.7 Å². The van der Waals surface area contributed by atoms with Gasteiger partial charge >= 0.3 is 0 Å². The highest BCUT2D eigenvalue weighted by Crippen LogP contribution is 2.43. The first kappa shape index (κ1) is 15.3. The molecule has 2 saturated heterocycles. The van der Waals surface area contributed by atoms with Crippen molar-refractivity contribution in [2.45, 2.75) is 44.8 Å². The molecule has 1 aromatic rings. The Bertz CT molecular complexity index is 456. The summed E-state index contributed by atoms with van der Waals surface area (Å²) in [6.45, 7) is 6.14.